The summed E-state index contributed by atoms with van der Waals surface area (Å²) in [6, 6.07) is 15.0. The maximum Gasteiger partial charge on any atom is 0.416 e. The highest BCUT2D eigenvalue weighted by molar-refractivity contribution is 6.05. The third kappa shape index (κ3) is 4.98. The molecule has 0 fully saturated rings. The number of alkyl halides is 3. The Balaban J connectivity index is 2.24. The molecule has 0 spiro atoms. The Kier molecular flexibility index (Phi) is 7.02. The monoisotopic (exact) mass is 454 g/mol. The Labute approximate surface area is 189 Å². The number of hydrogen-bond donors (Lipinski definition) is 1. The van der Waals surface area contributed by atoms with E-state index in [1.165, 1.54) is 31.2 Å². The first kappa shape index (κ1) is 23.8. The second-order valence-electron chi connectivity index (χ2n) is 7.40. The zero-order valence-electron chi connectivity index (χ0n) is 17.9. The fourth-order valence-corrected chi connectivity index (χ4v) is 3.90. The molecule has 170 valence electrons. The van der Waals surface area contributed by atoms with Gasteiger partial charge in [-0.1, -0.05) is 48.5 Å². The second-order valence-corrected chi connectivity index (χ2v) is 7.40. The number of esters is 1. The van der Waals surface area contributed by atoms with Crippen molar-refractivity contribution in [3.05, 3.63) is 94.3 Å². The number of benzene rings is 2. The zero-order chi connectivity index (χ0) is 24.2. The second kappa shape index (κ2) is 9.74. The van der Waals surface area contributed by atoms with Crippen molar-refractivity contribution in [2.24, 2.45) is 5.92 Å². The Hall–Kier alpha value is -3.86. The van der Waals surface area contributed by atoms with Gasteiger partial charge in [0.15, 0.2) is 5.78 Å². The lowest BCUT2D eigenvalue weighted by molar-refractivity contribution is -0.148. The Morgan fingerprint density at radius 2 is 1.76 bits per heavy atom. The third-order valence-electron chi connectivity index (χ3n) is 5.32. The minimum absolute atomic E-state index is 0.0204. The number of carbonyl (C=O) groups excluding carboxylic acids is 2. The van der Waals surface area contributed by atoms with Gasteiger partial charge in [-0.05, 0) is 25.5 Å². The third-order valence-corrected chi connectivity index (χ3v) is 5.32. The number of nitriles is 1. The molecule has 1 N–H and O–H groups in total. The van der Waals surface area contributed by atoms with E-state index in [9.17, 15) is 28.0 Å². The van der Waals surface area contributed by atoms with Crippen LogP contribution in [-0.4, -0.2) is 18.4 Å². The van der Waals surface area contributed by atoms with Crippen molar-refractivity contribution in [1.29, 1.82) is 5.26 Å². The van der Waals surface area contributed by atoms with Gasteiger partial charge >= 0.3 is 12.1 Å². The molecule has 0 aliphatic carbocycles. The predicted molar refractivity (Wildman–Crippen MR) is 115 cm³/mol. The SMILES string of the molecule is CCOC(=O)C1/C(=C/C(=O)c2ccccc2)NC(C)=C(C#N)C1c1ccccc1C(F)(F)F. The Morgan fingerprint density at radius 3 is 2.36 bits per heavy atom. The van der Waals surface area contributed by atoms with E-state index < -0.39 is 35.3 Å². The molecule has 1 heterocycles. The number of nitrogens with zero attached hydrogens (tertiary/aromatic N) is 1. The summed E-state index contributed by atoms with van der Waals surface area (Å²) < 4.78 is 46.7. The lowest BCUT2D eigenvalue weighted by Crippen LogP contribution is -2.39. The summed E-state index contributed by atoms with van der Waals surface area (Å²) in [5.41, 5.74) is -0.560. The standard InChI is InChI=1S/C25H21F3N2O3/c1-3-33-24(32)23-20(13-21(31)16-9-5-4-6-10-16)30-15(2)18(14-29)22(23)17-11-7-8-12-19(17)25(26,27)28/h4-13,22-23,30H,3H2,1-2H3/b20-13-. The first-order valence-corrected chi connectivity index (χ1v) is 10.2. The first-order chi connectivity index (χ1) is 15.7. The highest BCUT2D eigenvalue weighted by atomic mass is 19.4. The number of rotatable bonds is 5. The van der Waals surface area contributed by atoms with Crippen LogP contribution in [0, 0.1) is 17.2 Å². The highest BCUT2D eigenvalue weighted by Gasteiger charge is 2.45. The van der Waals surface area contributed by atoms with E-state index in [1.54, 1.807) is 37.3 Å². The molecule has 0 radical (unpaired) electrons. The number of ether oxygens (including phenoxy) is 1. The topological polar surface area (TPSA) is 79.2 Å². The van der Waals surface area contributed by atoms with Crippen molar-refractivity contribution in [2.45, 2.75) is 25.9 Å². The molecule has 33 heavy (non-hydrogen) atoms. The van der Waals surface area contributed by atoms with E-state index in [1.807, 2.05) is 6.07 Å². The van der Waals surface area contributed by atoms with E-state index in [0.717, 1.165) is 6.07 Å². The van der Waals surface area contributed by atoms with Crippen molar-refractivity contribution in [3.8, 4) is 6.07 Å². The zero-order valence-corrected chi connectivity index (χ0v) is 17.9. The van der Waals surface area contributed by atoms with E-state index >= 15 is 0 Å². The van der Waals surface area contributed by atoms with Crippen LogP contribution < -0.4 is 5.32 Å². The lowest BCUT2D eigenvalue weighted by Gasteiger charge is -2.35. The summed E-state index contributed by atoms with van der Waals surface area (Å²) in [5, 5.41) is 12.7. The smallest absolute Gasteiger partial charge is 0.416 e. The van der Waals surface area contributed by atoms with Gasteiger partial charge in [-0.3, -0.25) is 9.59 Å². The summed E-state index contributed by atoms with van der Waals surface area (Å²) >= 11 is 0. The molecule has 0 amide bonds. The molecule has 5 nitrogen and oxygen atoms in total. The quantitative estimate of drug-likeness (QED) is 0.385. The molecule has 2 unspecified atom stereocenters. The minimum atomic E-state index is -4.71. The van der Waals surface area contributed by atoms with E-state index in [0.29, 0.717) is 5.56 Å². The fourth-order valence-electron chi connectivity index (χ4n) is 3.90. The molecule has 8 heteroatoms. The minimum Gasteiger partial charge on any atom is -0.465 e. The van der Waals surface area contributed by atoms with Gasteiger partial charge in [0.1, 0.15) is 5.92 Å². The number of halogens is 3. The molecule has 1 aliphatic rings. The van der Waals surface area contributed by atoms with Crippen LogP contribution in [-0.2, 0) is 15.7 Å². The van der Waals surface area contributed by atoms with Crippen molar-refractivity contribution < 1.29 is 27.5 Å². The highest BCUT2D eigenvalue weighted by Crippen LogP contribution is 2.45. The van der Waals surface area contributed by atoms with Crippen LogP contribution in [0.25, 0.3) is 0 Å². The van der Waals surface area contributed by atoms with Crippen LogP contribution in [0.15, 0.2) is 77.6 Å². The number of allylic oxidation sites excluding steroid dienone is 3. The molecule has 0 saturated heterocycles. The summed E-state index contributed by atoms with van der Waals surface area (Å²) in [6.45, 7) is 3.06. The van der Waals surface area contributed by atoms with Crippen molar-refractivity contribution in [2.75, 3.05) is 6.61 Å². The van der Waals surface area contributed by atoms with Crippen molar-refractivity contribution in [1.82, 2.24) is 5.32 Å². The van der Waals surface area contributed by atoms with Crippen LogP contribution >= 0.6 is 0 Å². The molecular formula is C25H21F3N2O3. The van der Waals surface area contributed by atoms with E-state index in [2.05, 4.69) is 5.32 Å². The fraction of sp³-hybridized carbons (Fsp3) is 0.240. The van der Waals surface area contributed by atoms with E-state index in [-0.39, 0.29) is 29.1 Å². The van der Waals surface area contributed by atoms with Gasteiger partial charge in [0, 0.05) is 29.0 Å². The summed E-state index contributed by atoms with van der Waals surface area (Å²) in [6.07, 6.45) is -3.53. The van der Waals surface area contributed by atoms with Gasteiger partial charge in [0.25, 0.3) is 0 Å². The average Bonchev–Trinajstić information content (AvgIpc) is 2.78. The molecular weight excluding hydrogens is 433 g/mol. The maximum atomic E-state index is 13.8. The molecule has 2 atom stereocenters. The van der Waals surface area contributed by atoms with Crippen molar-refractivity contribution in [3.63, 3.8) is 0 Å². The van der Waals surface area contributed by atoms with Gasteiger partial charge in [0.05, 0.1) is 23.8 Å². The van der Waals surface area contributed by atoms with Gasteiger partial charge in [0.2, 0.25) is 0 Å². The summed E-state index contributed by atoms with van der Waals surface area (Å²) in [7, 11) is 0. The van der Waals surface area contributed by atoms with Crippen LogP contribution in [0.2, 0.25) is 0 Å². The van der Waals surface area contributed by atoms with Gasteiger partial charge < -0.3 is 10.1 Å². The van der Waals surface area contributed by atoms with Crippen LogP contribution in [0.5, 0.6) is 0 Å². The largest absolute Gasteiger partial charge is 0.465 e. The molecule has 0 bridgehead atoms. The van der Waals surface area contributed by atoms with Gasteiger partial charge in [-0.15, -0.1) is 0 Å². The normalized spacial score (nSPS) is 19.6. The molecule has 3 rings (SSSR count). The average molecular weight is 454 g/mol. The number of hydrogen-bond acceptors (Lipinski definition) is 5. The Morgan fingerprint density at radius 1 is 1.12 bits per heavy atom. The molecule has 1 aliphatic heterocycles. The van der Waals surface area contributed by atoms with Crippen LogP contribution in [0.1, 0.15) is 41.3 Å². The number of nitrogens with one attached hydrogen (secondary N) is 1. The number of carbonyl (C=O) groups is 2. The summed E-state index contributed by atoms with van der Waals surface area (Å²) in [5.74, 6) is -3.91. The van der Waals surface area contributed by atoms with Gasteiger partial charge in [-0.25, -0.2) is 0 Å². The van der Waals surface area contributed by atoms with Crippen molar-refractivity contribution >= 4 is 11.8 Å². The first-order valence-electron chi connectivity index (χ1n) is 10.2. The van der Waals surface area contributed by atoms with Gasteiger partial charge in [-0.2, -0.15) is 18.4 Å². The molecule has 0 saturated carbocycles. The van der Waals surface area contributed by atoms with Crippen LogP contribution in [0.3, 0.4) is 0 Å². The summed E-state index contributed by atoms with van der Waals surface area (Å²) in [4.78, 5) is 25.8. The number of ketones is 1. The maximum absolute atomic E-state index is 13.8. The predicted octanol–water partition coefficient (Wildman–Crippen LogP) is 5.14. The van der Waals surface area contributed by atoms with Crippen LogP contribution in [0.4, 0.5) is 13.2 Å². The molecule has 2 aromatic rings. The van der Waals surface area contributed by atoms with E-state index in [4.69, 9.17) is 4.74 Å². The Bertz CT molecular complexity index is 1160. The molecule has 0 aromatic heterocycles. The molecule has 2 aromatic carbocycles. The lowest BCUT2D eigenvalue weighted by atomic mass is 9.74.